The third-order valence-electron chi connectivity index (χ3n) is 4.40. The number of para-hydroxylation sites is 1. The highest BCUT2D eigenvalue weighted by Gasteiger charge is 2.25. The Labute approximate surface area is 173 Å². The van der Waals surface area contributed by atoms with Gasteiger partial charge < -0.3 is 20.7 Å². The lowest BCUT2D eigenvalue weighted by molar-refractivity contribution is -0.114. The van der Waals surface area contributed by atoms with E-state index in [9.17, 15) is 14.4 Å². The number of hydrogen-bond acceptors (Lipinski definition) is 6. The zero-order valence-electron chi connectivity index (χ0n) is 16.5. The van der Waals surface area contributed by atoms with E-state index >= 15 is 0 Å². The Balaban J connectivity index is 1.64. The van der Waals surface area contributed by atoms with E-state index in [4.69, 9.17) is 4.74 Å². The molecule has 1 fully saturated rings. The molecule has 8 heteroatoms. The lowest BCUT2D eigenvalue weighted by Crippen LogP contribution is -2.27. The summed E-state index contributed by atoms with van der Waals surface area (Å²) in [4.78, 5) is 38.0. The van der Waals surface area contributed by atoms with E-state index in [1.165, 1.54) is 11.3 Å². The predicted octanol–water partition coefficient (Wildman–Crippen LogP) is 3.43. The number of anilines is 2. The monoisotopic (exact) mass is 415 g/mol. The van der Waals surface area contributed by atoms with E-state index in [1.807, 2.05) is 6.92 Å². The number of carbonyl (C=O) groups is 3. The van der Waals surface area contributed by atoms with Gasteiger partial charge in [0.25, 0.3) is 5.91 Å². The zero-order chi connectivity index (χ0) is 20.8. The molecular weight excluding hydrogens is 390 g/mol. The number of benzene rings is 1. The topological polar surface area (TPSA) is 96.5 Å². The third kappa shape index (κ3) is 5.57. The Morgan fingerprint density at radius 1 is 1.14 bits per heavy atom. The molecule has 3 rings (SSSR count). The van der Waals surface area contributed by atoms with Gasteiger partial charge >= 0.3 is 5.97 Å². The second-order valence-electron chi connectivity index (χ2n) is 6.72. The molecule has 29 heavy (non-hydrogen) atoms. The molecule has 1 aromatic carbocycles. The number of hydrogen-bond donors (Lipinski definition) is 3. The Morgan fingerprint density at radius 3 is 2.59 bits per heavy atom. The fraction of sp³-hybridized carbons (Fsp3) is 0.381. The highest BCUT2D eigenvalue weighted by molar-refractivity contribution is 7.16. The van der Waals surface area contributed by atoms with E-state index in [-0.39, 0.29) is 31.0 Å². The van der Waals surface area contributed by atoms with Crippen LogP contribution in [0.25, 0.3) is 0 Å². The van der Waals surface area contributed by atoms with Crippen molar-refractivity contribution < 1.29 is 19.1 Å². The molecule has 0 aliphatic heterocycles. The van der Waals surface area contributed by atoms with Crippen LogP contribution in [0.1, 0.15) is 52.3 Å². The number of nitrogens with one attached hydrogen (secondary N) is 3. The van der Waals surface area contributed by atoms with Gasteiger partial charge in [0.1, 0.15) is 5.00 Å². The van der Waals surface area contributed by atoms with Gasteiger partial charge in [0, 0.05) is 16.6 Å². The van der Waals surface area contributed by atoms with Crippen molar-refractivity contribution >= 4 is 39.8 Å². The Kier molecular flexibility index (Phi) is 6.87. The van der Waals surface area contributed by atoms with E-state index in [0.717, 1.165) is 24.1 Å². The number of aryl methyl sites for hydroxylation is 1. The summed E-state index contributed by atoms with van der Waals surface area (Å²) in [5, 5.41) is 9.23. The van der Waals surface area contributed by atoms with Crippen molar-refractivity contribution in [2.45, 2.75) is 39.2 Å². The van der Waals surface area contributed by atoms with Gasteiger partial charge in [-0.15, -0.1) is 11.3 Å². The molecule has 0 spiro atoms. The number of rotatable bonds is 9. The minimum atomic E-state index is -0.450. The average Bonchev–Trinajstić information content (AvgIpc) is 3.43. The number of ether oxygens (including phenoxy) is 1. The first-order valence-corrected chi connectivity index (χ1v) is 10.6. The molecular formula is C21H25N3O4S. The van der Waals surface area contributed by atoms with E-state index in [1.54, 1.807) is 37.3 Å². The molecule has 0 saturated heterocycles. The number of thiophene rings is 1. The van der Waals surface area contributed by atoms with E-state index in [2.05, 4.69) is 16.0 Å². The maximum absolute atomic E-state index is 12.5. The number of carbonyl (C=O) groups excluding carboxylic acids is 3. The number of esters is 1. The predicted molar refractivity (Wildman–Crippen MR) is 114 cm³/mol. The smallest absolute Gasteiger partial charge is 0.341 e. The van der Waals surface area contributed by atoms with Gasteiger partial charge in [-0.3, -0.25) is 9.59 Å². The summed E-state index contributed by atoms with van der Waals surface area (Å²) in [5.74, 6) is -0.905. The molecule has 0 unspecified atom stereocenters. The molecule has 0 radical (unpaired) electrons. The quantitative estimate of drug-likeness (QED) is 0.545. The van der Waals surface area contributed by atoms with Gasteiger partial charge in [0.15, 0.2) is 0 Å². The van der Waals surface area contributed by atoms with Crippen molar-refractivity contribution in [1.82, 2.24) is 5.32 Å². The summed E-state index contributed by atoms with van der Waals surface area (Å²) in [6.45, 7) is 3.96. The molecule has 7 nitrogen and oxygen atoms in total. The molecule has 2 aromatic rings. The SMILES string of the molecule is CCOC(=O)c1cc(CC)sc1NC(=O)CNc1ccccc1C(=O)NC1CC1. The maximum atomic E-state index is 12.5. The van der Waals surface area contributed by atoms with Gasteiger partial charge in [-0.25, -0.2) is 4.79 Å². The first-order valence-electron chi connectivity index (χ1n) is 9.75. The van der Waals surface area contributed by atoms with Gasteiger partial charge in [-0.2, -0.15) is 0 Å². The van der Waals surface area contributed by atoms with Crippen LogP contribution in [0.5, 0.6) is 0 Å². The van der Waals surface area contributed by atoms with Gasteiger partial charge in [-0.05, 0) is 44.4 Å². The number of amides is 2. The van der Waals surface area contributed by atoms with Crippen LogP contribution in [0.3, 0.4) is 0 Å². The van der Waals surface area contributed by atoms with Crippen molar-refractivity contribution in [2.75, 3.05) is 23.8 Å². The van der Waals surface area contributed by atoms with Crippen LogP contribution >= 0.6 is 11.3 Å². The molecule has 2 amide bonds. The first-order chi connectivity index (χ1) is 14.0. The highest BCUT2D eigenvalue weighted by Crippen LogP contribution is 2.29. The third-order valence-corrected chi connectivity index (χ3v) is 5.60. The Bertz CT molecular complexity index is 905. The minimum absolute atomic E-state index is 0.0324. The van der Waals surface area contributed by atoms with Crippen LogP contribution in [0.2, 0.25) is 0 Å². The van der Waals surface area contributed by atoms with E-state index in [0.29, 0.717) is 21.8 Å². The molecule has 1 aliphatic rings. The summed E-state index contributed by atoms with van der Waals surface area (Å²) >= 11 is 1.36. The van der Waals surface area contributed by atoms with Crippen molar-refractivity contribution in [2.24, 2.45) is 0 Å². The fourth-order valence-electron chi connectivity index (χ4n) is 2.74. The lowest BCUT2D eigenvalue weighted by Gasteiger charge is -2.12. The van der Waals surface area contributed by atoms with Crippen molar-refractivity contribution in [3.63, 3.8) is 0 Å². The van der Waals surface area contributed by atoms with Gasteiger partial charge in [0.05, 0.1) is 24.3 Å². The molecule has 1 saturated carbocycles. The van der Waals surface area contributed by atoms with Crippen LogP contribution in [-0.2, 0) is 16.0 Å². The molecule has 1 heterocycles. The summed E-state index contributed by atoms with van der Waals surface area (Å²) in [5.41, 5.74) is 1.46. The molecule has 0 bridgehead atoms. The summed E-state index contributed by atoms with van der Waals surface area (Å²) < 4.78 is 5.07. The average molecular weight is 416 g/mol. The van der Waals surface area contributed by atoms with Crippen LogP contribution in [0.4, 0.5) is 10.7 Å². The van der Waals surface area contributed by atoms with Crippen molar-refractivity contribution in [3.05, 3.63) is 46.3 Å². The van der Waals surface area contributed by atoms with E-state index < -0.39 is 5.97 Å². The summed E-state index contributed by atoms with van der Waals surface area (Å²) in [6.07, 6.45) is 2.77. The van der Waals surface area contributed by atoms with Crippen LogP contribution in [0.15, 0.2) is 30.3 Å². The second-order valence-corrected chi connectivity index (χ2v) is 7.86. The Morgan fingerprint density at radius 2 is 1.90 bits per heavy atom. The summed E-state index contributed by atoms with van der Waals surface area (Å²) in [6, 6.07) is 9.09. The van der Waals surface area contributed by atoms with Crippen molar-refractivity contribution in [3.8, 4) is 0 Å². The molecule has 154 valence electrons. The molecule has 3 N–H and O–H groups in total. The lowest BCUT2D eigenvalue weighted by atomic mass is 10.1. The zero-order valence-corrected chi connectivity index (χ0v) is 17.4. The second kappa shape index (κ2) is 9.56. The largest absolute Gasteiger partial charge is 0.462 e. The molecule has 1 aromatic heterocycles. The molecule has 1 aliphatic carbocycles. The summed E-state index contributed by atoms with van der Waals surface area (Å²) in [7, 11) is 0. The van der Waals surface area contributed by atoms with Gasteiger partial charge in [-0.1, -0.05) is 19.1 Å². The minimum Gasteiger partial charge on any atom is -0.462 e. The Hall–Kier alpha value is -2.87. The van der Waals surface area contributed by atoms with Crippen LogP contribution in [0, 0.1) is 0 Å². The molecule has 0 atom stereocenters. The standard InChI is InChI=1S/C21H25N3O4S/c1-3-14-11-16(21(27)28-4-2)20(29-14)24-18(25)12-22-17-8-6-5-7-15(17)19(26)23-13-9-10-13/h5-8,11,13,22H,3-4,9-10,12H2,1-2H3,(H,23,26)(H,24,25). The van der Waals surface area contributed by atoms with Crippen LogP contribution < -0.4 is 16.0 Å². The maximum Gasteiger partial charge on any atom is 0.341 e. The first kappa shape index (κ1) is 20.9. The van der Waals surface area contributed by atoms with Gasteiger partial charge in [0.2, 0.25) is 5.91 Å². The fourth-order valence-corrected chi connectivity index (χ4v) is 3.74. The highest BCUT2D eigenvalue weighted by atomic mass is 32.1. The van der Waals surface area contributed by atoms with Crippen LogP contribution in [-0.4, -0.2) is 37.0 Å². The van der Waals surface area contributed by atoms with Crippen molar-refractivity contribution in [1.29, 1.82) is 0 Å². The normalized spacial score (nSPS) is 12.9.